The van der Waals surface area contributed by atoms with Gasteiger partial charge in [0, 0.05) is 38.4 Å². The zero-order valence-corrected chi connectivity index (χ0v) is 20.8. The Balaban J connectivity index is 0.00000341. The summed E-state index contributed by atoms with van der Waals surface area (Å²) in [6, 6.07) is 18.6. The van der Waals surface area contributed by atoms with Crippen LogP contribution in [0.15, 0.2) is 70.3 Å². The topological polar surface area (TPSA) is 65.7 Å². The van der Waals surface area contributed by atoms with Crippen molar-refractivity contribution in [1.82, 2.24) is 15.6 Å². The van der Waals surface area contributed by atoms with Gasteiger partial charge in [0.05, 0.1) is 12.2 Å². The number of aromatic nitrogens is 1. The smallest absolute Gasteiger partial charge is 0.226 e. The van der Waals surface area contributed by atoms with E-state index < -0.39 is 0 Å². The van der Waals surface area contributed by atoms with Crippen LogP contribution in [0.4, 0.5) is 5.69 Å². The zero-order chi connectivity index (χ0) is 21.2. The second kappa shape index (κ2) is 13.0. The lowest BCUT2D eigenvalue weighted by Gasteiger charge is -2.19. The number of benzene rings is 2. The Morgan fingerprint density at radius 3 is 2.48 bits per heavy atom. The monoisotopic (exact) mass is 533 g/mol. The number of nitrogens with zero attached hydrogens (tertiary/aromatic N) is 3. The standard InChI is InChI=1S/C24H31N5O.HI/c1-19-11-13-20(14-12-19)23-28-21(18-30-23)17-27-24(25-2)26-15-7-8-16-29(3)22-9-5-4-6-10-22;/h4-6,9-14,18H,7-8,15-17H2,1-3H3,(H2,25,26,27);1H. The molecule has 3 rings (SSSR count). The van der Waals surface area contributed by atoms with Crippen LogP contribution >= 0.6 is 24.0 Å². The van der Waals surface area contributed by atoms with Crippen LogP contribution in [-0.2, 0) is 6.54 Å². The molecule has 0 fully saturated rings. The summed E-state index contributed by atoms with van der Waals surface area (Å²) >= 11 is 0. The Morgan fingerprint density at radius 1 is 1.03 bits per heavy atom. The van der Waals surface area contributed by atoms with Crippen LogP contribution in [0, 0.1) is 6.92 Å². The highest BCUT2D eigenvalue weighted by Gasteiger charge is 2.07. The molecule has 0 saturated carbocycles. The molecular weight excluding hydrogens is 501 g/mol. The Labute approximate surface area is 202 Å². The largest absolute Gasteiger partial charge is 0.444 e. The van der Waals surface area contributed by atoms with Gasteiger partial charge < -0.3 is 20.0 Å². The lowest BCUT2D eigenvalue weighted by atomic mass is 10.1. The molecule has 0 amide bonds. The fraction of sp³-hybridized carbons (Fsp3) is 0.333. The molecule has 2 N–H and O–H groups in total. The molecule has 0 aliphatic heterocycles. The molecule has 1 heterocycles. The number of aliphatic imine (C=N–C) groups is 1. The van der Waals surface area contributed by atoms with E-state index in [0.717, 1.165) is 43.1 Å². The minimum Gasteiger partial charge on any atom is -0.444 e. The average Bonchev–Trinajstić information content (AvgIpc) is 3.25. The summed E-state index contributed by atoms with van der Waals surface area (Å²) in [6.07, 6.45) is 3.87. The van der Waals surface area contributed by atoms with Crippen molar-refractivity contribution in [3.05, 3.63) is 72.1 Å². The van der Waals surface area contributed by atoms with Gasteiger partial charge in [0.15, 0.2) is 5.96 Å². The molecule has 2 aromatic carbocycles. The van der Waals surface area contributed by atoms with Crippen LogP contribution < -0.4 is 15.5 Å². The third kappa shape index (κ3) is 7.90. The first kappa shape index (κ1) is 24.7. The van der Waals surface area contributed by atoms with Crippen molar-refractivity contribution < 1.29 is 4.42 Å². The predicted octanol–water partition coefficient (Wildman–Crippen LogP) is 4.85. The van der Waals surface area contributed by atoms with Gasteiger partial charge in [0.1, 0.15) is 6.26 Å². The maximum absolute atomic E-state index is 5.61. The number of aryl methyl sites for hydroxylation is 1. The first-order valence-electron chi connectivity index (χ1n) is 10.4. The van der Waals surface area contributed by atoms with Crippen LogP contribution in [0.5, 0.6) is 0 Å². The summed E-state index contributed by atoms with van der Waals surface area (Å²) < 4.78 is 5.61. The zero-order valence-electron chi connectivity index (χ0n) is 18.5. The van der Waals surface area contributed by atoms with Gasteiger partial charge in [0.25, 0.3) is 0 Å². The lowest BCUT2D eigenvalue weighted by molar-refractivity contribution is 0.572. The van der Waals surface area contributed by atoms with Gasteiger partial charge in [-0.1, -0.05) is 35.9 Å². The highest BCUT2D eigenvalue weighted by atomic mass is 127. The fourth-order valence-electron chi connectivity index (χ4n) is 3.10. The number of rotatable bonds is 9. The van der Waals surface area contributed by atoms with E-state index in [9.17, 15) is 0 Å². The third-order valence-corrected chi connectivity index (χ3v) is 4.92. The highest BCUT2D eigenvalue weighted by molar-refractivity contribution is 14.0. The average molecular weight is 533 g/mol. The number of unbranched alkanes of at least 4 members (excludes halogenated alkanes) is 1. The van der Waals surface area contributed by atoms with E-state index in [-0.39, 0.29) is 24.0 Å². The van der Waals surface area contributed by atoms with E-state index >= 15 is 0 Å². The van der Waals surface area contributed by atoms with E-state index in [0.29, 0.717) is 12.4 Å². The number of oxazole rings is 1. The Morgan fingerprint density at radius 2 is 1.77 bits per heavy atom. The number of halogens is 1. The molecular formula is C24H32IN5O. The molecule has 31 heavy (non-hydrogen) atoms. The van der Waals surface area contributed by atoms with Gasteiger partial charge in [0.2, 0.25) is 5.89 Å². The van der Waals surface area contributed by atoms with E-state index in [1.54, 1.807) is 13.3 Å². The Kier molecular flexibility index (Phi) is 10.4. The summed E-state index contributed by atoms with van der Waals surface area (Å²) in [5.74, 6) is 1.41. The quantitative estimate of drug-likeness (QED) is 0.178. The fourth-order valence-corrected chi connectivity index (χ4v) is 3.10. The molecule has 0 saturated heterocycles. The van der Waals surface area contributed by atoms with Gasteiger partial charge in [-0.05, 0) is 44.0 Å². The van der Waals surface area contributed by atoms with Crippen LogP contribution in [0.3, 0.4) is 0 Å². The SMILES string of the molecule is CN=C(NCCCCN(C)c1ccccc1)NCc1coc(-c2ccc(C)cc2)n1.I. The summed E-state index contributed by atoms with van der Waals surface area (Å²) in [5.41, 5.74) is 4.29. The number of hydrogen-bond donors (Lipinski definition) is 2. The minimum atomic E-state index is 0. The van der Waals surface area contributed by atoms with Crippen LogP contribution in [0.25, 0.3) is 11.5 Å². The first-order valence-corrected chi connectivity index (χ1v) is 10.4. The van der Waals surface area contributed by atoms with Gasteiger partial charge in [-0.3, -0.25) is 4.99 Å². The number of anilines is 1. The summed E-state index contributed by atoms with van der Waals surface area (Å²) in [5, 5.41) is 6.65. The highest BCUT2D eigenvalue weighted by Crippen LogP contribution is 2.19. The van der Waals surface area contributed by atoms with Crippen molar-refractivity contribution in [2.45, 2.75) is 26.3 Å². The molecule has 0 bridgehead atoms. The summed E-state index contributed by atoms with van der Waals surface area (Å²) in [4.78, 5) is 11.1. The molecule has 0 spiro atoms. The number of guanidine groups is 1. The van der Waals surface area contributed by atoms with Gasteiger partial charge >= 0.3 is 0 Å². The van der Waals surface area contributed by atoms with E-state index in [4.69, 9.17) is 4.42 Å². The molecule has 0 unspecified atom stereocenters. The van der Waals surface area contributed by atoms with Crippen LogP contribution in [0.2, 0.25) is 0 Å². The second-order valence-corrected chi connectivity index (χ2v) is 7.33. The Hall–Kier alpha value is -2.55. The van der Waals surface area contributed by atoms with Crippen molar-refractivity contribution in [3.8, 4) is 11.5 Å². The van der Waals surface area contributed by atoms with E-state index in [1.165, 1.54) is 11.3 Å². The van der Waals surface area contributed by atoms with Crippen LogP contribution in [-0.4, -0.2) is 38.1 Å². The van der Waals surface area contributed by atoms with Gasteiger partial charge in [-0.2, -0.15) is 0 Å². The van der Waals surface area contributed by atoms with Gasteiger partial charge in [-0.15, -0.1) is 24.0 Å². The molecule has 3 aromatic rings. The minimum absolute atomic E-state index is 0. The van der Waals surface area contributed by atoms with Gasteiger partial charge in [-0.25, -0.2) is 4.98 Å². The normalized spacial score (nSPS) is 11.0. The van der Waals surface area contributed by atoms with Crippen molar-refractivity contribution in [3.63, 3.8) is 0 Å². The molecule has 0 aliphatic carbocycles. The maximum Gasteiger partial charge on any atom is 0.226 e. The third-order valence-electron chi connectivity index (χ3n) is 4.92. The second-order valence-electron chi connectivity index (χ2n) is 7.33. The van der Waals surface area contributed by atoms with Crippen molar-refractivity contribution in [2.24, 2.45) is 4.99 Å². The van der Waals surface area contributed by atoms with Crippen molar-refractivity contribution >= 4 is 35.6 Å². The van der Waals surface area contributed by atoms with E-state index in [1.807, 2.05) is 18.2 Å². The molecule has 166 valence electrons. The summed E-state index contributed by atoms with van der Waals surface area (Å²) in [7, 11) is 3.91. The predicted molar refractivity (Wildman–Crippen MR) is 139 cm³/mol. The number of nitrogens with one attached hydrogen (secondary N) is 2. The summed E-state index contributed by atoms with van der Waals surface area (Å²) in [6.45, 7) is 4.52. The molecule has 0 atom stereocenters. The van der Waals surface area contributed by atoms with E-state index in [2.05, 4.69) is 75.9 Å². The van der Waals surface area contributed by atoms with Crippen molar-refractivity contribution in [1.29, 1.82) is 0 Å². The van der Waals surface area contributed by atoms with Crippen LogP contribution in [0.1, 0.15) is 24.1 Å². The molecule has 0 radical (unpaired) electrons. The maximum atomic E-state index is 5.61. The molecule has 1 aromatic heterocycles. The first-order chi connectivity index (χ1) is 14.7. The molecule has 7 heteroatoms. The molecule has 0 aliphatic rings. The number of para-hydroxylation sites is 1. The molecule has 6 nitrogen and oxygen atoms in total. The number of hydrogen-bond acceptors (Lipinski definition) is 4. The van der Waals surface area contributed by atoms with Crippen molar-refractivity contribution in [2.75, 3.05) is 32.1 Å². The lowest BCUT2D eigenvalue weighted by Crippen LogP contribution is -2.37. The Bertz CT molecular complexity index is 925.